The molecule has 4 aromatic carbocycles. The quantitative estimate of drug-likeness (QED) is 0.00974. The van der Waals surface area contributed by atoms with Crippen molar-refractivity contribution in [3.63, 3.8) is 0 Å². The van der Waals surface area contributed by atoms with Gasteiger partial charge in [-0.3, -0.25) is 30.0 Å². The van der Waals surface area contributed by atoms with Crippen molar-refractivity contribution in [2.24, 2.45) is 11.5 Å². The van der Waals surface area contributed by atoms with E-state index in [1.165, 1.54) is 97.1 Å². The summed E-state index contributed by atoms with van der Waals surface area (Å²) >= 11 is 0. The molecular weight excluding hydrogens is 1180 g/mol. The lowest BCUT2D eigenvalue weighted by Gasteiger charge is -2.27. The maximum atomic E-state index is 13.4. The van der Waals surface area contributed by atoms with Crippen LogP contribution in [0.2, 0.25) is 0 Å². The Labute approximate surface area is 488 Å². The maximum Gasteiger partial charge on any atom is 0.343 e. The van der Waals surface area contributed by atoms with Gasteiger partial charge in [-0.15, -0.1) is 12.4 Å². The van der Waals surface area contributed by atoms with Gasteiger partial charge in [-0.05, 0) is 83.9 Å². The largest absolute Gasteiger partial charge is 0.481 e. The average molecular weight is 1240 g/mol. The summed E-state index contributed by atoms with van der Waals surface area (Å²) in [6.07, 6.45) is -2.11. The SMILES string of the molecule is Cl.N=C(N)Nc1ccc(C(=O)Oc2ccc(CNS(=O)(=O)N(CCOCCOCCOCCOCCOCCN(C(CC(=O)O)C(=O)O)S(=O)(=O)NCc3ccc(OC(=O)c4ccc(NC(=N)N)cc4)cc3)C(CC(=O)O)C(=O)O)cc2)cc1. The zero-order valence-electron chi connectivity index (χ0n) is 44.7. The third-order valence-electron chi connectivity index (χ3n) is 11.0. The van der Waals surface area contributed by atoms with Crippen LogP contribution < -0.4 is 41.0 Å². The van der Waals surface area contributed by atoms with Crippen LogP contribution >= 0.6 is 12.4 Å². The van der Waals surface area contributed by atoms with E-state index in [9.17, 15) is 66.0 Å². The van der Waals surface area contributed by atoms with Gasteiger partial charge in [-0.1, -0.05) is 24.3 Å². The zero-order valence-corrected chi connectivity index (χ0v) is 47.2. The first-order valence-corrected chi connectivity index (χ1v) is 27.7. The smallest absolute Gasteiger partial charge is 0.343 e. The fourth-order valence-corrected chi connectivity index (χ4v) is 9.68. The minimum Gasteiger partial charge on any atom is -0.481 e. The molecule has 4 rings (SSSR count). The van der Waals surface area contributed by atoms with E-state index in [4.69, 9.17) is 55.4 Å². The fourth-order valence-electron chi connectivity index (χ4n) is 7.02. The van der Waals surface area contributed by atoms with Crippen LogP contribution in [0.3, 0.4) is 0 Å². The lowest BCUT2D eigenvalue weighted by Crippen LogP contribution is -2.51. The molecule has 31 nitrogen and oxygen atoms in total. The summed E-state index contributed by atoms with van der Waals surface area (Å²) in [5.41, 5.74) is 12.7. The molecule has 0 aliphatic heterocycles. The van der Waals surface area contributed by atoms with Crippen molar-refractivity contribution < 1.29 is 99.2 Å². The number of hydrogen-bond acceptors (Lipinski definition) is 19. The predicted octanol–water partition coefficient (Wildman–Crippen LogP) is 1.07. The van der Waals surface area contributed by atoms with Crippen molar-refractivity contribution in [2.45, 2.75) is 38.0 Å². The number of esters is 2. The summed E-state index contributed by atoms with van der Waals surface area (Å²) in [5, 5.41) is 58.0. The Kier molecular flexibility index (Phi) is 30.1. The van der Waals surface area contributed by atoms with E-state index in [-0.39, 0.29) is 126 Å². The summed E-state index contributed by atoms with van der Waals surface area (Å²) in [6.45, 7) is -2.12. The molecule has 0 bridgehead atoms. The van der Waals surface area contributed by atoms with Gasteiger partial charge in [0.15, 0.2) is 11.9 Å². The number of carboxylic acid groups (broad SMARTS) is 4. The third-order valence-corrected chi connectivity index (χ3v) is 14.1. The van der Waals surface area contributed by atoms with E-state index >= 15 is 0 Å². The monoisotopic (exact) mass is 1240 g/mol. The van der Waals surface area contributed by atoms with Crippen molar-refractivity contribution in [3.05, 3.63) is 119 Å². The second-order valence-corrected chi connectivity index (χ2v) is 20.6. The molecule has 34 heteroatoms. The van der Waals surface area contributed by atoms with E-state index in [0.29, 0.717) is 31.1 Å². The molecule has 0 fully saturated rings. The Bertz CT molecular complexity index is 2840. The van der Waals surface area contributed by atoms with Crippen LogP contribution in [0.25, 0.3) is 0 Å². The molecule has 0 amide bonds. The van der Waals surface area contributed by atoms with Crippen molar-refractivity contribution in [1.82, 2.24) is 18.1 Å². The molecule has 0 saturated carbocycles. The van der Waals surface area contributed by atoms with Crippen LogP contribution in [0.15, 0.2) is 97.1 Å². The number of nitrogens with one attached hydrogen (secondary N) is 6. The first-order valence-electron chi connectivity index (χ1n) is 24.8. The maximum absolute atomic E-state index is 13.4. The molecule has 0 aliphatic rings. The van der Waals surface area contributed by atoms with Crippen molar-refractivity contribution in [1.29, 1.82) is 10.8 Å². The summed E-state index contributed by atoms with van der Waals surface area (Å²) in [5.74, 6) is -8.25. The highest BCUT2D eigenvalue weighted by molar-refractivity contribution is 7.87. The van der Waals surface area contributed by atoms with Gasteiger partial charge in [0.1, 0.15) is 23.6 Å². The number of halogens is 1. The molecule has 0 aliphatic carbocycles. The number of nitrogens with zero attached hydrogens (tertiary/aromatic N) is 2. The molecule has 2 unspecified atom stereocenters. The summed E-state index contributed by atoms with van der Waals surface area (Å²) in [4.78, 5) is 72.4. The van der Waals surface area contributed by atoms with Gasteiger partial charge in [-0.2, -0.15) is 34.9 Å². The van der Waals surface area contributed by atoms with Crippen LogP contribution in [-0.2, 0) is 76.4 Å². The second kappa shape index (κ2) is 35.9. The van der Waals surface area contributed by atoms with E-state index < -0.39 is 94.2 Å². The standard InChI is InChI=1S/C50H64N10O21S2.ClH/c51-49(52)57-37-9-5-35(6-10-37)47(69)80-39-13-1-33(2-14-39)31-55-82(71,72)59(41(45(65)66)29-43(61)62)17-19-75-21-23-77-25-27-79-28-26-78-24-22-76-20-18-60(42(46(67)68)30-44(63)64)83(73,74)56-32-34-3-15-40(16-4-34)81-48(70)36-7-11-38(12-8-36)58-50(53)54;/h1-16,41-42,55-56H,17-32H2,(H,61,62)(H,63,64)(H,65,66)(H,67,68)(H4,51,52,57)(H4,53,54,58);1H. The molecular formula is C50H65ClN10O21S2. The topological polar surface area (TPSA) is 471 Å². The lowest BCUT2D eigenvalue weighted by atomic mass is 10.2. The Morgan fingerprint density at radius 1 is 0.464 bits per heavy atom. The van der Waals surface area contributed by atoms with E-state index in [1.807, 2.05) is 0 Å². The molecule has 4 aromatic rings. The summed E-state index contributed by atoms with van der Waals surface area (Å²) < 4.78 is 97.0. The van der Waals surface area contributed by atoms with E-state index in [0.717, 1.165) is 0 Å². The highest BCUT2D eigenvalue weighted by Crippen LogP contribution is 2.20. The Morgan fingerprint density at radius 3 is 1.01 bits per heavy atom. The Balaban J connectivity index is 0.0000185. The molecule has 0 aromatic heterocycles. The van der Waals surface area contributed by atoms with Gasteiger partial charge < -0.3 is 75.7 Å². The lowest BCUT2D eigenvalue weighted by molar-refractivity contribution is -0.148. The highest BCUT2D eigenvalue weighted by Gasteiger charge is 2.38. The number of anilines is 2. The molecule has 460 valence electrons. The first-order chi connectivity index (χ1) is 39.4. The van der Waals surface area contributed by atoms with Crippen molar-refractivity contribution in [3.8, 4) is 11.5 Å². The van der Waals surface area contributed by atoms with Crippen LogP contribution in [0, 0.1) is 10.8 Å². The van der Waals surface area contributed by atoms with Crippen LogP contribution in [-0.4, -0.2) is 185 Å². The second-order valence-electron chi connectivity index (χ2n) is 17.1. The van der Waals surface area contributed by atoms with Gasteiger partial charge in [0.2, 0.25) is 0 Å². The number of hydrogen-bond donors (Lipinski definition) is 12. The van der Waals surface area contributed by atoms with Gasteiger partial charge in [0.25, 0.3) is 20.4 Å². The fraction of sp³-hybridized carbons (Fsp3) is 0.360. The minimum atomic E-state index is -4.63. The van der Waals surface area contributed by atoms with E-state index in [1.54, 1.807) is 0 Å². The summed E-state index contributed by atoms with van der Waals surface area (Å²) in [7, 11) is -9.27. The van der Waals surface area contributed by atoms with Crippen LogP contribution in [0.5, 0.6) is 11.5 Å². The predicted molar refractivity (Wildman–Crippen MR) is 300 cm³/mol. The summed E-state index contributed by atoms with van der Waals surface area (Å²) in [6, 6.07) is 19.4. The third kappa shape index (κ3) is 25.7. The average Bonchev–Trinajstić information content (AvgIpc) is 3.50. The first kappa shape index (κ1) is 70.3. The number of ether oxygens (including phenoxy) is 7. The van der Waals surface area contributed by atoms with Crippen molar-refractivity contribution >= 4 is 91.9 Å². The molecule has 2 atom stereocenters. The minimum absolute atomic E-state index is 0. The highest BCUT2D eigenvalue weighted by atomic mass is 35.5. The van der Waals surface area contributed by atoms with Gasteiger partial charge in [0, 0.05) is 37.6 Å². The number of nitrogens with two attached hydrogens (primary N) is 2. The van der Waals surface area contributed by atoms with Crippen LogP contribution in [0.1, 0.15) is 44.7 Å². The zero-order chi connectivity index (χ0) is 61.0. The Morgan fingerprint density at radius 2 is 0.750 bits per heavy atom. The molecule has 84 heavy (non-hydrogen) atoms. The molecule has 14 N–H and O–H groups in total. The number of guanidine groups is 2. The Hall–Kier alpha value is -7.93. The van der Waals surface area contributed by atoms with E-state index in [2.05, 4.69) is 20.1 Å². The molecule has 0 heterocycles. The normalized spacial score (nSPS) is 12.1. The number of carboxylic acids is 4. The van der Waals surface area contributed by atoms with Crippen LogP contribution in [0.4, 0.5) is 11.4 Å². The number of aliphatic carboxylic acids is 4. The van der Waals surface area contributed by atoms with Gasteiger partial charge in [0.05, 0.1) is 90.0 Å². The molecule has 0 spiro atoms. The molecule has 0 radical (unpaired) electrons. The van der Waals surface area contributed by atoms with Gasteiger partial charge in [-0.25, -0.2) is 9.59 Å². The number of benzene rings is 4. The number of carbonyl (C=O) groups is 6. The van der Waals surface area contributed by atoms with Crippen molar-refractivity contribution in [2.75, 3.05) is 89.8 Å². The number of carbonyl (C=O) groups excluding carboxylic acids is 2. The molecule has 0 saturated heterocycles. The number of rotatable bonds is 40. The van der Waals surface area contributed by atoms with Gasteiger partial charge >= 0.3 is 35.8 Å².